The highest BCUT2D eigenvalue weighted by atomic mass is 35.5. The monoisotopic (exact) mass is 449 g/mol. The molecule has 9 heteroatoms. The number of aryl methyl sites for hydroxylation is 1. The molecule has 2 aromatic rings. The summed E-state index contributed by atoms with van der Waals surface area (Å²) >= 11 is 7.33. The average Bonchev–Trinajstić information content (AvgIpc) is 3.29. The largest absolute Gasteiger partial charge is 0.316 e. The smallest absolute Gasteiger partial charge is 0.243 e. The minimum absolute atomic E-state index is 0.129. The molecule has 2 heterocycles. The van der Waals surface area contributed by atoms with Gasteiger partial charge >= 0.3 is 0 Å². The summed E-state index contributed by atoms with van der Waals surface area (Å²) in [5.74, 6) is -0.674. The average molecular weight is 450 g/mol. The second-order valence-corrected chi connectivity index (χ2v) is 10.8. The van der Waals surface area contributed by atoms with E-state index in [1.54, 1.807) is 12.1 Å². The molecule has 152 valence electrons. The van der Waals surface area contributed by atoms with E-state index in [0.29, 0.717) is 35.0 Å². The van der Waals surface area contributed by atoms with Crippen LogP contribution < -0.4 is 5.32 Å². The number of piperidine rings is 1. The van der Waals surface area contributed by atoms with E-state index < -0.39 is 15.9 Å². The highest BCUT2D eigenvalue weighted by Crippen LogP contribution is 2.39. The van der Waals surface area contributed by atoms with Crippen molar-refractivity contribution < 1.29 is 13.2 Å². The third-order valence-corrected chi connectivity index (χ3v) is 8.81. The molecule has 1 aliphatic carbocycles. The zero-order valence-electron chi connectivity index (χ0n) is 15.7. The number of benzene rings is 1. The highest BCUT2D eigenvalue weighted by molar-refractivity contribution is 7.89. The Morgan fingerprint density at radius 3 is 2.72 bits per heavy atom. The lowest BCUT2D eigenvalue weighted by Crippen LogP contribution is -2.43. The van der Waals surface area contributed by atoms with Gasteiger partial charge in [0.25, 0.3) is 0 Å². The van der Waals surface area contributed by atoms with E-state index in [9.17, 15) is 18.5 Å². The summed E-state index contributed by atoms with van der Waals surface area (Å²) in [6.45, 7) is 0.509. The SMILES string of the molecule is N#Cc1c(NC(=O)C2CCCN(S(=O)(=O)c3ccc(Cl)cc3)C2)sc2c1CCC2. The molecule has 0 saturated carbocycles. The van der Waals surface area contributed by atoms with Crippen molar-refractivity contribution in [1.82, 2.24) is 4.31 Å². The first-order valence-corrected chi connectivity index (χ1v) is 12.1. The first-order valence-electron chi connectivity index (χ1n) is 9.51. The number of nitriles is 1. The summed E-state index contributed by atoms with van der Waals surface area (Å²) in [7, 11) is -3.68. The Hall–Kier alpha value is -1.92. The number of sulfonamides is 1. The lowest BCUT2D eigenvalue weighted by atomic mass is 9.99. The Morgan fingerprint density at radius 1 is 1.24 bits per heavy atom. The predicted octanol–water partition coefficient (Wildman–Crippen LogP) is 3.80. The fourth-order valence-electron chi connectivity index (χ4n) is 3.95. The molecule has 1 amide bonds. The van der Waals surface area contributed by atoms with E-state index in [0.717, 1.165) is 24.8 Å². The summed E-state index contributed by atoms with van der Waals surface area (Å²) in [6.07, 6.45) is 4.09. The molecule has 1 N–H and O–H groups in total. The van der Waals surface area contributed by atoms with Crippen molar-refractivity contribution in [3.63, 3.8) is 0 Å². The Morgan fingerprint density at radius 2 is 2.00 bits per heavy atom. The standard InChI is InChI=1S/C20H20ClN3O3S2/c21-14-6-8-15(9-7-14)29(26,27)24-10-2-3-13(12-24)19(25)23-20-17(11-22)16-4-1-5-18(16)28-20/h6-9,13H,1-5,10,12H2,(H,23,25). The summed E-state index contributed by atoms with van der Waals surface area (Å²) in [4.78, 5) is 14.2. The molecule has 4 rings (SSSR count). The Bertz CT molecular complexity index is 1090. The van der Waals surface area contributed by atoms with Gasteiger partial charge in [0, 0.05) is 23.0 Å². The second-order valence-electron chi connectivity index (χ2n) is 7.32. The van der Waals surface area contributed by atoms with Gasteiger partial charge in [-0.3, -0.25) is 4.79 Å². The number of thiophene rings is 1. The minimum atomic E-state index is -3.68. The summed E-state index contributed by atoms with van der Waals surface area (Å²) < 4.78 is 27.2. The van der Waals surface area contributed by atoms with Crippen LogP contribution in [0, 0.1) is 17.2 Å². The van der Waals surface area contributed by atoms with Crippen LogP contribution in [0.3, 0.4) is 0 Å². The number of hydrogen-bond acceptors (Lipinski definition) is 5. The van der Waals surface area contributed by atoms with Crippen molar-refractivity contribution in [1.29, 1.82) is 5.26 Å². The number of amides is 1. The number of carbonyl (C=O) groups excluding carboxylic acids is 1. The van der Waals surface area contributed by atoms with Crippen molar-refractivity contribution in [2.75, 3.05) is 18.4 Å². The Labute approximate surface area is 179 Å². The van der Waals surface area contributed by atoms with Crippen LogP contribution in [0.2, 0.25) is 5.02 Å². The van der Waals surface area contributed by atoms with Gasteiger partial charge in [-0.1, -0.05) is 11.6 Å². The number of nitrogens with zero attached hydrogens (tertiary/aromatic N) is 2. The van der Waals surface area contributed by atoms with E-state index in [2.05, 4.69) is 11.4 Å². The number of halogens is 1. The molecule has 29 heavy (non-hydrogen) atoms. The lowest BCUT2D eigenvalue weighted by Gasteiger charge is -2.31. The van der Waals surface area contributed by atoms with Gasteiger partial charge in [0.1, 0.15) is 11.1 Å². The summed E-state index contributed by atoms with van der Waals surface area (Å²) in [5.41, 5.74) is 1.63. The maximum Gasteiger partial charge on any atom is 0.243 e. The molecular formula is C20H20ClN3O3S2. The Balaban J connectivity index is 1.49. The van der Waals surface area contributed by atoms with Crippen molar-refractivity contribution >= 4 is 43.9 Å². The number of anilines is 1. The zero-order chi connectivity index (χ0) is 20.6. The van der Waals surface area contributed by atoms with Crippen LogP contribution in [-0.4, -0.2) is 31.7 Å². The third kappa shape index (κ3) is 3.92. The van der Waals surface area contributed by atoms with Gasteiger partial charge < -0.3 is 5.32 Å². The van der Waals surface area contributed by atoms with E-state index in [-0.39, 0.29) is 17.3 Å². The minimum Gasteiger partial charge on any atom is -0.316 e. The highest BCUT2D eigenvalue weighted by Gasteiger charge is 2.34. The molecular weight excluding hydrogens is 430 g/mol. The number of nitrogens with one attached hydrogen (secondary N) is 1. The molecule has 1 atom stereocenters. The van der Waals surface area contributed by atoms with Gasteiger partial charge in [-0.25, -0.2) is 8.42 Å². The fourth-order valence-corrected chi connectivity index (χ4v) is 6.85. The van der Waals surface area contributed by atoms with Crippen molar-refractivity contribution in [3.05, 3.63) is 45.3 Å². The van der Waals surface area contributed by atoms with Crippen LogP contribution in [0.25, 0.3) is 0 Å². The predicted molar refractivity (Wildman–Crippen MR) is 113 cm³/mol. The number of hydrogen-bond donors (Lipinski definition) is 1. The topological polar surface area (TPSA) is 90.3 Å². The molecule has 2 aliphatic rings. The molecule has 1 aromatic carbocycles. The molecule has 1 aromatic heterocycles. The van der Waals surface area contributed by atoms with Gasteiger partial charge in [0.15, 0.2) is 0 Å². The van der Waals surface area contributed by atoms with E-state index in [1.165, 1.54) is 32.7 Å². The number of rotatable bonds is 4. The normalized spacial score (nSPS) is 19.5. The molecule has 1 saturated heterocycles. The van der Waals surface area contributed by atoms with Crippen LogP contribution >= 0.6 is 22.9 Å². The number of fused-ring (bicyclic) bond motifs is 1. The van der Waals surface area contributed by atoms with Crippen LogP contribution in [0.15, 0.2) is 29.2 Å². The van der Waals surface area contributed by atoms with Crippen molar-refractivity contribution in [3.8, 4) is 6.07 Å². The Kier molecular flexibility index (Phi) is 5.67. The van der Waals surface area contributed by atoms with Crippen molar-refractivity contribution in [2.24, 2.45) is 5.92 Å². The zero-order valence-corrected chi connectivity index (χ0v) is 18.0. The molecule has 1 fully saturated rings. The quantitative estimate of drug-likeness (QED) is 0.768. The summed E-state index contributed by atoms with van der Waals surface area (Å²) in [6, 6.07) is 8.27. The summed E-state index contributed by atoms with van der Waals surface area (Å²) in [5, 5.41) is 13.5. The molecule has 1 aliphatic heterocycles. The molecule has 0 radical (unpaired) electrons. The maximum atomic E-state index is 12.9. The fraction of sp³-hybridized carbons (Fsp3) is 0.400. The molecule has 6 nitrogen and oxygen atoms in total. The van der Waals surface area contributed by atoms with E-state index in [1.807, 2.05) is 0 Å². The first kappa shape index (κ1) is 20.4. The van der Waals surface area contributed by atoms with Crippen LogP contribution in [0.5, 0.6) is 0 Å². The van der Waals surface area contributed by atoms with Crippen LogP contribution in [-0.2, 0) is 27.7 Å². The maximum absolute atomic E-state index is 12.9. The van der Waals surface area contributed by atoms with E-state index >= 15 is 0 Å². The van der Waals surface area contributed by atoms with Crippen molar-refractivity contribution in [2.45, 2.75) is 37.0 Å². The molecule has 1 unspecified atom stereocenters. The van der Waals surface area contributed by atoms with Gasteiger partial charge in [0.05, 0.1) is 16.4 Å². The number of carbonyl (C=O) groups is 1. The van der Waals surface area contributed by atoms with Gasteiger partial charge in [-0.2, -0.15) is 9.57 Å². The third-order valence-electron chi connectivity index (χ3n) is 5.48. The first-order chi connectivity index (χ1) is 13.9. The second kappa shape index (κ2) is 8.07. The van der Waals surface area contributed by atoms with Crippen LogP contribution in [0.4, 0.5) is 5.00 Å². The van der Waals surface area contributed by atoms with E-state index in [4.69, 9.17) is 11.6 Å². The van der Waals surface area contributed by atoms with Gasteiger partial charge in [-0.15, -0.1) is 11.3 Å². The van der Waals surface area contributed by atoms with Crippen LogP contribution in [0.1, 0.15) is 35.3 Å². The molecule has 0 bridgehead atoms. The van der Waals surface area contributed by atoms with Gasteiger partial charge in [0.2, 0.25) is 15.9 Å². The molecule has 0 spiro atoms. The lowest BCUT2D eigenvalue weighted by molar-refractivity contribution is -0.120. The van der Waals surface area contributed by atoms with Gasteiger partial charge in [-0.05, 0) is 61.9 Å².